The van der Waals surface area contributed by atoms with Gasteiger partial charge in [0.15, 0.2) is 0 Å². The summed E-state index contributed by atoms with van der Waals surface area (Å²) in [5.74, 6) is 1.19. The van der Waals surface area contributed by atoms with Crippen molar-refractivity contribution in [3.63, 3.8) is 0 Å². The summed E-state index contributed by atoms with van der Waals surface area (Å²) in [4.78, 5) is 14.2. The van der Waals surface area contributed by atoms with E-state index in [1.54, 1.807) is 6.07 Å². The van der Waals surface area contributed by atoms with Crippen LogP contribution < -0.4 is 5.32 Å². The first-order valence-electron chi connectivity index (χ1n) is 7.18. The fraction of sp³-hybridized carbons (Fsp3) is 0.643. The normalized spacial score (nSPS) is 17.6. The number of pyridine rings is 1. The lowest BCUT2D eigenvalue weighted by molar-refractivity contribution is -0.385. The van der Waals surface area contributed by atoms with Crippen LogP contribution in [0, 0.1) is 16.0 Å². The average Bonchev–Trinajstić information content (AvgIpc) is 2.48. The topological polar surface area (TPSA) is 88.3 Å². The Morgan fingerprint density at radius 2 is 2.15 bits per heavy atom. The zero-order valence-corrected chi connectivity index (χ0v) is 11.5. The molecule has 0 spiro atoms. The van der Waals surface area contributed by atoms with Gasteiger partial charge in [-0.15, -0.1) is 0 Å². The highest BCUT2D eigenvalue weighted by Crippen LogP contribution is 2.29. The molecule has 1 saturated carbocycles. The Hall–Kier alpha value is -1.69. The predicted molar refractivity (Wildman–Crippen MR) is 76.6 cm³/mol. The molecule has 1 fully saturated rings. The average molecular weight is 279 g/mol. The van der Waals surface area contributed by atoms with E-state index in [1.807, 2.05) is 0 Å². The molecule has 0 radical (unpaired) electrons. The highest BCUT2D eigenvalue weighted by Gasteiger charge is 2.23. The Morgan fingerprint density at radius 1 is 1.40 bits per heavy atom. The molecular weight excluding hydrogens is 258 g/mol. The summed E-state index contributed by atoms with van der Waals surface area (Å²) in [6, 6.07) is 3.27. The minimum Gasteiger partial charge on any atom is -0.396 e. The number of rotatable bonds is 6. The molecule has 1 heterocycles. The predicted octanol–water partition coefficient (Wildman–Crippen LogP) is 2.73. The van der Waals surface area contributed by atoms with Crippen LogP contribution in [0.2, 0.25) is 0 Å². The second-order valence-electron chi connectivity index (χ2n) is 5.32. The van der Waals surface area contributed by atoms with Crippen molar-refractivity contribution in [3.8, 4) is 0 Å². The lowest BCUT2D eigenvalue weighted by Gasteiger charge is -2.31. The van der Waals surface area contributed by atoms with Gasteiger partial charge in [0.25, 0.3) is 5.69 Å². The van der Waals surface area contributed by atoms with Gasteiger partial charge in [-0.25, -0.2) is 4.98 Å². The molecule has 1 aromatic heterocycles. The van der Waals surface area contributed by atoms with Crippen LogP contribution in [-0.4, -0.2) is 27.7 Å². The minimum absolute atomic E-state index is 0.00748. The van der Waals surface area contributed by atoms with Gasteiger partial charge < -0.3 is 10.4 Å². The Kier molecular flexibility index (Phi) is 5.29. The molecule has 6 nitrogen and oxygen atoms in total. The third-order valence-corrected chi connectivity index (χ3v) is 3.95. The van der Waals surface area contributed by atoms with Crippen molar-refractivity contribution in [2.45, 2.75) is 44.6 Å². The van der Waals surface area contributed by atoms with Gasteiger partial charge in [0.05, 0.1) is 4.92 Å². The molecule has 1 unspecified atom stereocenters. The highest BCUT2D eigenvalue weighted by atomic mass is 16.6. The van der Waals surface area contributed by atoms with E-state index in [2.05, 4.69) is 10.3 Å². The van der Waals surface area contributed by atoms with Crippen LogP contribution in [0.4, 0.5) is 11.5 Å². The maximum absolute atomic E-state index is 10.6. The summed E-state index contributed by atoms with van der Waals surface area (Å²) in [6.07, 6.45) is 8.06. The molecule has 6 heteroatoms. The Bertz CT molecular complexity index is 430. The fourth-order valence-corrected chi connectivity index (χ4v) is 2.87. The number of hydrogen-bond acceptors (Lipinski definition) is 5. The first-order valence-corrected chi connectivity index (χ1v) is 7.18. The SMILES string of the molecule is O=[N+]([O-])c1ccc(NC(CCO)C2CCCCC2)nc1. The third kappa shape index (κ3) is 3.90. The van der Waals surface area contributed by atoms with E-state index in [4.69, 9.17) is 0 Å². The van der Waals surface area contributed by atoms with Crippen LogP contribution in [0.3, 0.4) is 0 Å². The number of aliphatic hydroxyl groups excluding tert-OH is 1. The molecule has 1 aromatic rings. The molecule has 0 bridgehead atoms. The van der Waals surface area contributed by atoms with Gasteiger partial charge in [-0.1, -0.05) is 19.3 Å². The van der Waals surface area contributed by atoms with Crippen LogP contribution >= 0.6 is 0 Å². The van der Waals surface area contributed by atoms with Gasteiger partial charge in [0, 0.05) is 18.7 Å². The molecule has 1 aliphatic rings. The largest absolute Gasteiger partial charge is 0.396 e. The molecule has 2 rings (SSSR count). The Balaban J connectivity index is 2.01. The zero-order chi connectivity index (χ0) is 14.4. The van der Waals surface area contributed by atoms with E-state index in [0.29, 0.717) is 18.2 Å². The highest BCUT2D eigenvalue weighted by molar-refractivity contribution is 5.41. The van der Waals surface area contributed by atoms with Gasteiger partial charge in [-0.3, -0.25) is 10.1 Å². The van der Waals surface area contributed by atoms with Crippen LogP contribution in [0.1, 0.15) is 38.5 Å². The van der Waals surface area contributed by atoms with E-state index in [1.165, 1.54) is 44.4 Å². The number of nitro groups is 1. The first-order chi connectivity index (χ1) is 9.70. The standard InChI is InChI=1S/C14H21N3O3/c18-9-8-13(11-4-2-1-3-5-11)16-14-7-6-12(10-15-14)17(19)20/h6-7,10-11,13,18H,1-5,8-9H2,(H,15,16). The maximum Gasteiger partial charge on any atom is 0.287 e. The van der Waals surface area contributed by atoms with Gasteiger partial charge >= 0.3 is 0 Å². The number of anilines is 1. The zero-order valence-electron chi connectivity index (χ0n) is 11.5. The van der Waals surface area contributed by atoms with Crippen molar-refractivity contribution < 1.29 is 10.0 Å². The van der Waals surface area contributed by atoms with Gasteiger partial charge in [-0.05, 0) is 31.2 Å². The summed E-state index contributed by atoms with van der Waals surface area (Å²) in [5.41, 5.74) is -0.00748. The fourth-order valence-electron chi connectivity index (χ4n) is 2.87. The second-order valence-corrected chi connectivity index (χ2v) is 5.32. The summed E-state index contributed by atoms with van der Waals surface area (Å²) in [7, 11) is 0. The summed E-state index contributed by atoms with van der Waals surface area (Å²) < 4.78 is 0. The van der Waals surface area contributed by atoms with Gasteiger partial charge in [-0.2, -0.15) is 0 Å². The molecule has 0 aromatic carbocycles. The second kappa shape index (κ2) is 7.19. The van der Waals surface area contributed by atoms with E-state index in [9.17, 15) is 15.2 Å². The van der Waals surface area contributed by atoms with Crippen molar-refractivity contribution in [1.82, 2.24) is 4.98 Å². The maximum atomic E-state index is 10.6. The van der Waals surface area contributed by atoms with E-state index in [0.717, 1.165) is 0 Å². The van der Waals surface area contributed by atoms with E-state index in [-0.39, 0.29) is 18.3 Å². The number of hydrogen-bond donors (Lipinski definition) is 2. The molecular formula is C14H21N3O3. The lowest BCUT2D eigenvalue weighted by atomic mass is 9.83. The number of nitrogens with one attached hydrogen (secondary N) is 1. The molecule has 0 saturated heterocycles. The molecule has 110 valence electrons. The summed E-state index contributed by atoms with van der Waals surface area (Å²) >= 11 is 0. The first kappa shape index (κ1) is 14.7. The number of aliphatic hydroxyl groups is 1. The van der Waals surface area contributed by atoms with Crippen LogP contribution in [0.5, 0.6) is 0 Å². The van der Waals surface area contributed by atoms with E-state index < -0.39 is 4.92 Å². The van der Waals surface area contributed by atoms with Crippen molar-refractivity contribution in [2.75, 3.05) is 11.9 Å². The number of aromatic nitrogens is 1. The molecule has 0 aliphatic heterocycles. The van der Waals surface area contributed by atoms with Crippen molar-refractivity contribution in [2.24, 2.45) is 5.92 Å². The van der Waals surface area contributed by atoms with Crippen LogP contribution in [-0.2, 0) is 0 Å². The van der Waals surface area contributed by atoms with Crippen molar-refractivity contribution in [1.29, 1.82) is 0 Å². The summed E-state index contributed by atoms with van der Waals surface area (Å²) in [5, 5.41) is 23.1. The van der Waals surface area contributed by atoms with E-state index >= 15 is 0 Å². The molecule has 1 aliphatic carbocycles. The molecule has 1 atom stereocenters. The molecule has 0 amide bonds. The van der Waals surface area contributed by atoms with Gasteiger partial charge in [0.2, 0.25) is 0 Å². The van der Waals surface area contributed by atoms with Crippen LogP contribution in [0.25, 0.3) is 0 Å². The molecule has 20 heavy (non-hydrogen) atoms. The monoisotopic (exact) mass is 279 g/mol. The smallest absolute Gasteiger partial charge is 0.287 e. The Morgan fingerprint density at radius 3 is 2.70 bits per heavy atom. The lowest BCUT2D eigenvalue weighted by Crippen LogP contribution is -2.32. The van der Waals surface area contributed by atoms with Crippen LogP contribution in [0.15, 0.2) is 18.3 Å². The third-order valence-electron chi connectivity index (χ3n) is 3.95. The minimum atomic E-state index is -0.455. The number of nitrogens with zero attached hydrogens (tertiary/aromatic N) is 2. The summed E-state index contributed by atoms with van der Waals surface area (Å²) in [6.45, 7) is 0.140. The van der Waals surface area contributed by atoms with Crippen molar-refractivity contribution >= 4 is 11.5 Å². The van der Waals surface area contributed by atoms with Gasteiger partial charge in [0.1, 0.15) is 12.0 Å². The molecule has 2 N–H and O–H groups in total. The van der Waals surface area contributed by atoms with Crippen molar-refractivity contribution in [3.05, 3.63) is 28.4 Å². The quantitative estimate of drug-likeness (QED) is 0.617. The Labute approximate surface area is 118 Å².